The predicted molar refractivity (Wildman–Crippen MR) is 122 cm³/mol. The second-order valence-corrected chi connectivity index (χ2v) is 8.26. The maximum atomic E-state index is 12.9. The van der Waals surface area contributed by atoms with Gasteiger partial charge in [-0.25, -0.2) is 9.97 Å². The highest BCUT2D eigenvalue weighted by molar-refractivity contribution is 6.20. The van der Waals surface area contributed by atoms with E-state index in [2.05, 4.69) is 20.0 Å². The van der Waals surface area contributed by atoms with Crippen molar-refractivity contribution in [1.29, 1.82) is 0 Å². The van der Waals surface area contributed by atoms with E-state index in [0.717, 1.165) is 0 Å². The fraction of sp³-hybridized carbons (Fsp3) is 0.261. The quantitative estimate of drug-likeness (QED) is 0.454. The molecule has 0 bridgehead atoms. The van der Waals surface area contributed by atoms with Crippen molar-refractivity contribution in [2.75, 3.05) is 23.3 Å². The molecule has 2 heterocycles. The summed E-state index contributed by atoms with van der Waals surface area (Å²) in [5.41, 5.74) is -0.356. The van der Waals surface area contributed by atoms with Crippen LogP contribution in [0.25, 0.3) is 11.1 Å². The van der Waals surface area contributed by atoms with Crippen LogP contribution in [0.1, 0.15) is 16.1 Å². The fourth-order valence-electron chi connectivity index (χ4n) is 3.73. The molecule has 1 aromatic heterocycles. The molecular weight excluding hydrogens is 470 g/mol. The molecule has 2 aromatic carbocycles. The van der Waals surface area contributed by atoms with Crippen molar-refractivity contribution in [2.24, 2.45) is 0 Å². The van der Waals surface area contributed by atoms with Gasteiger partial charge in [-0.1, -0.05) is 0 Å². The summed E-state index contributed by atoms with van der Waals surface area (Å²) >= 11 is 4.76. The van der Waals surface area contributed by atoms with Gasteiger partial charge in [0, 0.05) is 64.6 Å². The smallest absolute Gasteiger partial charge is 0.420 e. The molecule has 3 aromatic rings. The maximum absolute atomic E-state index is 12.9. The number of benzene rings is 2. The highest BCUT2D eigenvalue weighted by atomic mass is 35.5. The van der Waals surface area contributed by atoms with Gasteiger partial charge in [-0.2, -0.15) is 0 Å². The Balaban J connectivity index is 1.62. The Morgan fingerprint density at radius 2 is 1.82 bits per heavy atom. The molecule has 1 aliphatic rings. The van der Waals surface area contributed by atoms with Crippen molar-refractivity contribution in [3.63, 3.8) is 0 Å². The number of nitrogens with zero attached hydrogens (tertiary/aromatic N) is 3. The number of anilines is 2. The first kappa shape index (κ1) is 23.8. The molecule has 11 heteroatoms. The van der Waals surface area contributed by atoms with E-state index in [1.54, 1.807) is 24.4 Å². The molecule has 0 radical (unpaired) electrons. The second-order valence-electron chi connectivity index (χ2n) is 7.82. The van der Waals surface area contributed by atoms with Crippen LogP contribution in [0.2, 0.25) is 0 Å². The van der Waals surface area contributed by atoms with Crippen LogP contribution >= 0.6 is 11.6 Å². The normalized spacial score (nSPS) is 18.1. The summed E-state index contributed by atoms with van der Waals surface area (Å²) in [5.74, 6) is -0.584. The highest BCUT2D eigenvalue weighted by Crippen LogP contribution is 2.35. The minimum Gasteiger partial charge on any atom is -0.420 e. The largest absolute Gasteiger partial charge is 0.487 e. The lowest BCUT2D eigenvalue weighted by Gasteiger charge is -2.23. The Kier molecular flexibility index (Phi) is 6.65. The molecule has 1 fully saturated rings. The number of halogens is 3. The summed E-state index contributed by atoms with van der Waals surface area (Å²) in [4.78, 5) is 23.1. The number of aliphatic hydroxyl groups is 2. The molecule has 34 heavy (non-hydrogen) atoms. The van der Waals surface area contributed by atoms with Gasteiger partial charge >= 0.3 is 5.57 Å². The van der Waals surface area contributed by atoms with E-state index in [0.29, 0.717) is 33.8 Å². The van der Waals surface area contributed by atoms with Crippen LogP contribution in [0.5, 0.6) is 5.75 Å². The van der Waals surface area contributed by atoms with E-state index < -0.39 is 23.7 Å². The van der Waals surface area contributed by atoms with E-state index in [4.69, 9.17) is 11.6 Å². The third-order valence-corrected chi connectivity index (χ3v) is 5.48. The number of alkyl halides is 3. The SMILES string of the molecule is Cc1ncncc1-c1cc(C(=O)Nc2ccc(OC(F)(F)Cl)cc2)ccc1N1CC(O)C(O)C1. The average Bonchev–Trinajstić information content (AvgIpc) is 3.12. The second kappa shape index (κ2) is 9.49. The number of carbonyl (C=O) groups is 1. The van der Waals surface area contributed by atoms with Crippen LogP contribution in [0.4, 0.5) is 20.2 Å². The molecule has 1 saturated heterocycles. The summed E-state index contributed by atoms with van der Waals surface area (Å²) < 4.78 is 29.8. The number of aromatic nitrogens is 2. The molecule has 1 amide bonds. The Hall–Kier alpha value is -3.34. The summed E-state index contributed by atoms with van der Waals surface area (Å²) in [6.45, 7) is 2.29. The van der Waals surface area contributed by atoms with E-state index in [1.165, 1.54) is 30.6 Å². The molecule has 2 unspecified atom stereocenters. The van der Waals surface area contributed by atoms with Gasteiger partial charge in [0.25, 0.3) is 5.91 Å². The lowest BCUT2D eigenvalue weighted by atomic mass is 10.00. The van der Waals surface area contributed by atoms with Crippen LogP contribution in [0.15, 0.2) is 55.0 Å². The van der Waals surface area contributed by atoms with E-state index in [1.807, 2.05) is 11.8 Å². The zero-order valence-corrected chi connectivity index (χ0v) is 18.7. The number of β-amino-alcohol motifs (C(OH)–C–C–N with tert-alkyl or cyclic N) is 2. The minimum atomic E-state index is -3.83. The summed E-state index contributed by atoms with van der Waals surface area (Å²) in [5, 5.41) is 22.7. The number of carbonyl (C=O) groups excluding carboxylic acids is 1. The van der Waals surface area contributed by atoms with Crippen molar-refractivity contribution in [2.45, 2.75) is 24.7 Å². The Labute approximate surface area is 198 Å². The van der Waals surface area contributed by atoms with Gasteiger partial charge in [0.2, 0.25) is 0 Å². The monoisotopic (exact) mass is 490 g/mol. The molecule has 1 aliphatic heterocycles. The number of amides is 1. The van der Waals surface area contributed by atoms with Crippen LogP contribution in [0.3, 0.4) is 0 Å². The molecular formula is C23H21ClF2N4O4. The van der Waals surface area contributed by atoms with Crippen molar-refractivity contribution in [3.05, 3.63) is 66.2 Å². The summed E-state index contributed by atoms with van der Waals surface area (Å²) in [7, 11) is 0. The van der Waals surface area contributed by atoms with Gasteiger partial charge < -0.3 is 25.2 Å². The topological polar surface area (TPSA) is 108 Å². The Morgan fingerprint density at radius 1 is 1.15 bits per heavy atom. The molecule has 0 saturated carbocycles. The maximum Gasteiger partial charge on any atom is 0.487 e. The molecule has 178 valence electrons. The van der Waals surface area contributed by atoms with Crippen LogP contribution < -0.4 is 15.0 Å². The average molecular weight is 491 g/mol. The van der Waals surface area contributed by atoms with Crippen molar-refractivity contribution >= 4 is 28.9 Å². The number of ether oxygens (including phenoxy) is 1. The molecule has 2 atom stereocenters. The predicted octanol–water partition coefficient (Wildman–Crippen LogP) is 3.41. The minimum absolute atomic E-state index is 0.154. The molecule has 0 spiro atoms. The van der Waals surface area contributed by atoms with Crippen LogP contribution in [0, 0.1) is 6.92 Å². The van der Waals surface area contributed by atoms with E-state index in [9.17, 15) is 23.8 Å². The zero-order valence-electron chi connectivity index (χ0n) is 18.0. The molecule has 4 rings (SSSR count). The summed E-state index contributed by atoms with van der Waals surface area (Å²) in [6, 6.07) is 10.4. The Bertz CT molecular complexity index is 1180. The van der Waals surface area contributed by atoms with Crippen molar-refractivity contribution < 1.29 is 28.5 Å². The first-order valence-corrected chi connectivity index (χ1v) is 10.7. The van der Waals surface area contributed by atoms with E-state index in [-0.39, 0.29) is 18.8 Å². The number of aryl methyl sites for hydroxylation is 1. The fourth-order valence-corrected chi connectivity index (χ4v) is 3.82. The van der Waals surface area contributed by atoms with E-state index >= 15 is 0 Å². The summed E-state index contributed by atoms with van der Waals surface area (Å²) in [6.07, 6.45) is 1.30. The number of rotatable bonds is 6. The van der Waals surface area contributed by atoms with Gasteiger partial charge in [-0.05, 0) is 49.4 Å². The molecule has 0 aliphatic carbocycles. The standard InChI is InChI=1S/C23H21ClF2N4O4/c1-13-18(9-27-12-28-13)17-8-14(2-7-19(17)30-10-20(31)21(32)11-30)22(33)29-15-3-5-16(6-4-15)34-23(24,25)26/h2-9,12,20-21,31-32H,10-11H2,1H3,(H,29,33). The number of hydrogen-bond acceptors (Lipinski definition) is 7. The first-order valence-electron chi connectivity index (χ1n) is 10.3. The van der Waals surface area contributed by atoms with Gasteiger partial charge in [-0.15, -0.1) is 8.78 Å². The number of hydrogen-bond donors (Lipinski definition) is 3. The van der Waals surface area contributed by atoms with Gasteiger partial charge in [-0.3, -0.25) is 4.79 Å². The Morgan fingerprint density at radius 3 is 2.44 bits per heavy atom. The van der Waals surface area contributed by atoms with Crippen molar-refractivity contribution in [3.8, 4) is 16.9 Å². The third kappa shape index (κ3) is 5.41. The number of aliphatic hydroxyl groups excluding tert-OH is 2. The van der Waals surface area contributed by atoms with Crippen LogP contribution in [-0.2, 0) is 0 Å². The lowest BCUT2D eigenvalue weighted by molar-refractivity contribution is -0.0964. The van der Waals surface area contributed by atoms with Gasteiger partial charge in [0.1, 0.15) is 12.1 Å². The first-order chi connectivity index (χ1) is 16.1. The number of nitrogens with one attached hydrogen (secondary N) is 1. The van der Waals surface area contributed by atoms with Crippen LogP contribution in [-0.4, -0.2) is 57.0 Å². The molecule has 8 nitrogen and oxygen atoms in total. The third-order valence-electron chi connectivity index (χ3n) is 5.41. The highest BCUT2D eigenvalue weighted by Gasteiger charge is 2.31. The van der Waals surface area contributed by atoms with Gasteiger partial charge in [0.05, 0.1) is 12.2 Å². The van der Waals surface area contributed by atoms with Crippen molar-refractivity contribution in [1.82, 2.24) is 9.97 Å². The molecule has 3 N–H and O–H groups in total. The lowest BCUT2D eigenvalue weighted by Crippen LogP contribution is -2.22. The zero-order chi connectivity index (χ0) is 24.5. The van der Waals surface area contributed by atoms with Gasteiger partial charge in [0.15, 0.2) is 0 Å².